The minimum absolute atomic E-state index is 0.0168. The Balaban J connectivity index is 1.92. The van der Waals surface area contributed by atoms with Crippen molar-refractivity contribution in [1.82, 2.24) is 4.98 Å². The van der Waals surface area contributed by atoms with Crippen molar-refractivity contribution in [2.45, 2.75) is 13.0 Å². The van der Waals surface area contributed by atoms with E-state index in [4.69, 9.17) is 16.3 Å². The van der Waals surface area contributed by atoms with Crippen molar-refractivity contribution < 1.29 is 29.2 Å². The number of carbonyl (C=O) groups is 3. The number of aryl methyl sites for hydroxylation is 1. The van der Waals surface area contributed by atoms with E-state index in [1.807, 2.05) is 0 Å². The normalized spacial score (nSPS) is 16.6. The maximum absolute atomic E-state index is 13.3. The number of benzene rings is 2. The molecule has 12 heteroatoms. The highest BCUT2D eigenvalue weighted by atomic mass is 35.5. The molecule has 1 fully saturated rings. The Morgan fingerprint density at radius 3 is 2.65 bits per heavy atom. The zero-order valence-electron chi connectivity index (χ0n) is 19.2. The smallest absolute Gasteiger partial charge is 0.350 e. The highest BCUT2D eigenvalue weighted by molar-refractivity contribution is 7.17. The van der Waals surface area contributed by atoms with Crippen LogP contribution in [0.2, 0.25) is 5.02 Å². The van der Waals surface area contributed by atoms with Gasteiger partial charge in [0.2, 0.25) is 0 Å². The predicted octanol–water partition coefficient (Wildman–Crippen LogP) is 4.98. The van der Waals surface area contributed by atoms with Gasteiger partial charge in [0.15, 0.2) is 5.13 Å². The lowest BCUT2D eigenvalue weighted by atomic mass is 9.95. The van der Waals surface area contributed by atoms with Gasteiger partial charge in [-0.1, -0.05) is 47.7 Å². The molecule has 2 heterocycles. The van der Waals surface area contributed by atoms with Crippen LogP contribution in [0.3, 0.4) is 0 Å². The SMILES string of the molecule is C=CCOC(=O)c1sc(N2C(=O)C(=O)/C(=C(/O)c3ccc(Cl)cc3)C2c2cccc([N+](=O)[O-])c2)nc1C. The number of nitro benzene ring substituents is 1. The summed E-state index contributed by atoms with van der Waals surface area (Å²) in [6.07, 6.45) is 1.40. The summed E-state index contributed by atoms with van der Waals surface area (Å²) in [5, 5.41) is 22.9. The molecule has 4 rings (SSSR count). The third-order valence-electron chi connectivity index (χ3n) is 5.47. The molecule has 0 radical (unpaired) electrons. The van der Waals surface area contributed by atoms with Crippen LogP contribution < -0.4 is 4.90 Å². The lowest BCUT2D eigenvalue weighted by Crippen LogP contribution is -2.29. The van der Waals surface area contributed by atoms with Gasteiger partial charge in [-0.25, -0.2) is 9.78 Å². The van der Waals surface area contributed by atoms with Gasteiger partial charge in [0.1, 0.15) is 17.2 Å². The first kappa shape index (κ1) is 25.7. The number of hydrogen-bond donors (Lipinski definition) is 1. The maximum Gasteiger partial charge on any atom is 0.350 e. The van der Waals surface area contributed by atoms with Crippen molar-refractivity contribution in [1.29, 1.82) is 0 Å². The summed E-state index contributed by atoms with van der Waals surface area (Å²) in [4.78, 5) is 55.2. The number of Topliss-reactive ketones (excluding diaryl/α,β-unsaturated/α-hetero) is 1. The fourth-order valence-electron chi connectivity index (χ4n) is 3.79. The van der Waals surface area contributed by atoms with E-state index < -0.39 is 34.4 Å². The number of aliphatic hydroxyl groups is 1. The first-order chi connectivity index (χ1) is 17.6. The third-order valence-corrected chi connectivity index (χ3v) is 6.86. The molecule has 1 unspecified atom stereocenters. The Morgan fingerprint density at radius 2 is 2.00 bits per heavy atom. The fraction of sp³-hybridized carbons (Fsp3) is 0.120. The molecule has 1 N–H and O–H groups in total. The molecule has 0 spiro atoms. The zero-order valence-corrected chi connectivity index (χ0v) is 20.8. The van der Waals surface area contributed by atoms with E-state index in [-0.39, 0.29) is 44.7 Å². The average molecular weight is 540 g/mol. The number of hydrogen-bond acceptors (Lipinski definition) is 9. The summed E-state index contributed by atoms with van der Waals surface area (Å²) in [6.45, 7) is 4.99. The standard InChI is InChI=1S/C25H18ClN3O7S/c1-3-11-36-24(33)22-13(2)27-25(37-22)28-19(15-5-4-6-17(12-15)29(34)35)18(21(31)23(28)32)20(30)14-7-9-16(26)10-8-14/h3-10,12,19,30H,1,11H2,2H3/b20-18+. The first-order valence-electron chi connectivity index (χ1n) is 10.7. The number of ketones is 1. The number of anilines is 1. The third kappa shape index (κ3) is 4.86. The monoisotopic (exact) mass is 539 g/mol. The zero-order chi connectivity index (χ0) is 26.9. The van der Waals surface area contributed by atoms with Gasteiger partial charge in [-0.2, -0.15) is 0 Å². The predicted molar refractivity (Wildman–Crippen MR) is 137 cm³/mol. The molecule has 0 saturated carbocycles. The molecule has 3 aromatic rings. The molecule has 37 heavy (non-hydrogen) atoms. The largest absolute Gasteiger partial charge is 0.507 e. The highest BCUT2D eigenvalue weighted by Crippen LogP contribution is 2.44. The quantitative estimate of drug-likeness (QED) is 0.0842. The van der Waals surface area contributed by atoms with Crippen LogP contribution in [0.15, 0.2) is 66.8 Å². The number of ether oxygens (including phenoxy) is 1. The minimum atomic E-state index is -1.27. The van der Waals surface area contributed by atoms with E-state index in [1.165, 1.54) is 61.5 Å². The summed E-state index contributed by atoms with van der Waals surface area (Å²) < 4.78 is 5.07. The Labute approximate surface area is 219 Å². The average Bonchev–Trinajstić information content (AvgIpc) is 3.39. The number of esters is 1. The maximum atomic E-state index is 13.3. The van der Waals surface area contributed by atoms with E-state index in [9.17, 15) is 29.6 Å². The van der Waals surface area contributed by atoms with E-state index in [0.29, 0.717) is 5.02 Å². The number of carbonyl (C=O) groups excluding carboxylic acids is 3. The van der Waals surface area contributed by atoms with Gasteiger partial charge in [-0.3, -0.25) is 24.6 Å². The molecule has 0 bridgehead atoms. The number of aliphatic hydroxyl groups excluding tert-OH is 1. The number of non-ortho nitro benzene ring substituents is 1. The molecular weight excluding hydrogens is 522 g/mol. The van der Waals surface area contributed by atoms with Gasteiger partial charge >= 0.3 is 11.9 Å². The molecule has 1 saturated heterocycles. The minimum Gasteiger partial charge on any atom is -0.507 e. The topological polar surface area (TPSA) is 140 Å². The number of aromatic nitrogens is 1. The summed E-state index contributed by atoms with van der Waals surface area (Å²) in [5.74, 6) is -3.22. The van der Waals surface area contributed by atoms with Gasteiger partial charge in [-0.15, -0.1) is 0 Å². The van der Waals surface area contributed by atoms with E-state index in [2.05, 4.69) is 11.6 Å². The van der Waals surface area contributed by atoms with E-state index in [1.54, 1.807) is 0 Å². The van der Waals surface area contributed by atoms with Crippen molar-refractivity contribution >= 4 is 57.2 Å². The van der Waals surface area contributed by atoms with Crippen molar-refractivity contribution in [3.8, 4) is 0 Å². The number of thiazole rings is 1. The Kier molecular flexibility index (Phi) is 7.18. The van der Waals surface area contributed by atoms with Gasteiger partial charge < -0.3 is 9.84 Å². The van der Waals surface area contributed by atoms with Gasteiger partial charge in [0.05, 0.1) is 22.2 Å². The number of amides is 1. The molecular formula is C25H18ClN3O7S. The van der Waals surface area contributed by atoms with Crippen LogP contribution in [-0.2, 0) is 14.3 Å². The van der Waals surface area contributed by atoms with Crippen LogP contribution in [0, 0.1) is 17.0 Å². The number of rotatable bonds is 7. The fourth-order valence-corrected chi connectivity index (χ4v) is 4.91. The van der Waals surface area contributed by atoms with Crippen LogP contribution in [0.1, 0.15) is 32.5 Å². The molecule has 1 aliphatic heterocycles. The number of halogens is 1. The molecule has 2 aromatic carbocycles. The van der Waals surface area contributed by atoms with Gasteiger partial charge in [-0.05, 0) is 36.8 Å². The van der Waals surface area contributed by atoms with Gasteiger partial charge in [0.25, 0.3) is 11.5 Å². The molecule has 1 amide bonds. The molecule has 1 aliphatic rings. The van der Waals surface area contributed by atoms with Gasteiger partial charge in [0, 0.05) is 22.7 Å². The molecule has 10 nitrogen and oxygen atoms in total. The second-order valence-corrected chi connectivity index (χ2v) is 9.24. The van der Waals surface area contributed by atoms with Crippen LogP contribution in [0.25, 0.3) is 5.76 Å². The summed E-state index contributed by atoms with van der Waals surface area (Å²) in [6, 6.07) is 10.0. The Hall–Kier alpha value is -4.35. The molecule has 1 atom stereocenters. The second kappa shape index (κ2) is 10.3. The Bertz CT molecular complexity index is 1480. The summed E-state index contributed by atoms with van der Waals surface area (Å²) in [7, 11) is 0. The first-order valence-corrected chi connectivity index (χ1v) is 11.9. The second-order valence-electron chi connectivity index (χ2n) is 7.83. The number of nitro groups is 1. The summed E-state index contributed by atoms with van der Waals surface area (Å²) >= 11 is 6.76. The lowest BCUT2D eigenvalue weighted by Gasteiger charge is -2.22. The lowest BCUT2D eigenvalue weighted by molar-refractivity contribution is -0.384. The van der Waals surface area contributed by atoms with Crippen LogP contribution in [0.5, 0.6) is 0 Å². The van der Waals surface area contributed by atoms with Crippen LogP contribution in [0.4, 0.5) is 10.8 Å². The van der Waals surface area contributed by atoms with Crippen molar-refractivity contribution in [2.75, 3.05) is 11.5 Å². The summed E-state index contributed by atoms with van der Waals surface area (Å²) in [5.41, 5.74) is 0.0795. The number of nitrogens with zero attached hydrogens (tertiary/aromatic N) is 3. The molecule has 1 aromatic heterocycles. The highest BCUT2D eigenvalue weighted by Gasteiger charge is 2.48. The Morgan fingerprint density at radius 1 is 1.30 bits per heavy atom. The molecule has 0 aliphatic carbocycles. The van der Waals surface area contributed by atoms with Crippen LogP contribution in [-0.4, -0.2) is 39.3 Å². The van der Waals surface area contributed by atoms with Crippen molar-refractivity contribution in [3.05, 3.63) is 104 Å². The van der Waals surface area contributed by atoms with E-state index in [0.717, 1.165) is 16.2 Å². The van der Waals surface area contributed by atoms with E-state index >= 15 is 0 Å². The molecule has 188 valence electrons. The van der Waals surface area contributed by atoms with Crippen LogP contribution >= 0.6 is 22.9 Å². The van der Waals surface area contributed by atoms with Crippen molar-refractivity contribution in [3.63, 3.8) is 0 Å². The van der Waals surface area contributed by atoms with Crippen molar-refractivity contribution in [2.24, 2.45) is 0 Å².